The fourth-order valence-corrected chi connectivity index (χ4v) is 5.13. The third-order valence-corrected chi connectivity index (χ3v) is 7.40. The van der Waals surface area contributed by atoms with Crippen LogP contribution in [0.3, 0.4) is 0 Å². The van der Waals surface area contributed by atoms with E-state index in [1.807, 2.05) is 14.0 Å². The lowest BCUT2D eigenvalue weighted by atomic mass is 9.88. The number of amides is 2. The molecule has 0 spiro atoms. The molecule has 2 amide bonds. The number of nitrogens with zero attached hydrogens (tertiary/aromatic N) is 2. The Morgan fingerprint density at radius 3 is 2.59 bits per heavy atom. The summed E-state index contributed by atoms with van der Waals surface area (Å²) in [4.78, 5) is 29.5. The number of nitrogens with one attached hydrogen (secondary N) is 1. The molecule has 0 bridgehead atoms. The molecule has 3 rings (SSSR count). The van der Waals surface area contributed by atoms with Gasteiger partial charge in [0.1, 0.15) is 12.4 Å². The molecule has 2 aliphatic rings. The van der Waals surface area contributed by atoms with Crippen LogP contribution in [0.5, 0.6) is 5.75 Å². The molecule has 0 radical (unpaired) electrons. The van der Waals surface area contributed by atoms with Gasteiger partial charge in [-0.2, -0.15) is 0 Å². The van der Waals surface area contributed by atoms with Crippen molar-refractivity contribution < 1.29 is 19.1 Å². The minimum atomic E-state index is -0.107. The standard InChI is InChI=1S/C27H43N3O4/c1-6-26(31)28-22-12-13-23-24(14-22)34-18-20(3)30(16-21-10-8-7-9-11-21)15-19(2)25(33-5)17-29(4)27(23)32/h12-14,19-21,25H,6-11,15-18H2,1-5H3,(H,28,31)/t19-,20-,25+/m0/s1. The maximum Gasteiger partial charge on any atom is 0.257 e. The van der Waals surface area contributed by atoms with Crippen LogP contribution in [0.2, 0.25) is 0 Å². The summed E-state index contributed by atoms with van der Waals surface area (Å²) in [6, 6.07) is 5.48. The molecule has 3 atom stereocenters. The number of rotatable bonds is 5. The zero-order chi connectivity index (χ0) is 24.7. The highest BCUT2D eigenvalue weighted by Crippen LogP contribution is 2.29. The molecule has 1 heterocycles. The minimum absolute atomic E-state index is 0.0538. The van der Waals surface area contributed by atoms with Crippen LogP contribution in [0.4, 0.5) is 5.69 Å². The predicted molar refractivity (Wildman–Crippen MR) is 135 cm³/mol. The Morgan fingerprint density at radius 1 is 1.18 bits per heavy atom. The molecule has 7 heteroatoms. The number of hydrogen-bond donors (Lipinski definition) is 1. The Morgan fingerprint density at radius 2 is 1.91 bits per heavy atom. The predicted octanol–water partition coefficient (Wildman–Crippen LogP) is 4.42. The summed E-state index contributed by atoms with van der Waals surface area (Å²) in [6.45, 7) is 9.20. The summed E-state index contributed by atoms with van der Waals surface area (Å²) in [6.07, 6.45) is 6.94. The second kappa shape index (κ2) is 12.5. The third kappa shape index (κ3) is 6.95. The maximum atomic E-state index is 13.3. The summed E-state index contributed by atoms with van der Waals surface area (Å²) < 4.78 is 12.1. The summed E-state index contributed by atoms with van der Waals surface area (Å²) in [7, 11) is 3.55. The third-order valence-electron chi connectivity index (χ3n) is 7.40. The lowest BCUT2D eigenvalue weighted by Gasteiger charge is -2.38. The smallest absolute Gasteiger partial charge is 0.257 e. The monoisotopic (exact) mass is 473 g/mol. The highest BCUT2D eigenvalue weighted by molar-refractivity contribution is 5.98. The molecular formula is C27H43N3O4. The van der Waals surface area contributed by atoms with E-state index in [9.17, 15) is 9.59 Å². The van der Waals surface area contributed by atoms with E-state index in [-0.39, 0.29) is 29.9 Å². The van der Waals surface area contributed by atoms with Crippen LogP contribution in [-0.2, 0) is 9.53 Å². The minimum Gasteiger partial charge on any atom is -0.491 e. The molecule has 1 aromatic carbocycles. The molecule has 0 unspecified atom stereocenters. The first-order valence-electron chi connectivity index (χ1n) is 12.9. The van der Waals surface area contributed by atoms with Crippen molar-refractivity contribution >= 4 is 17.5 Å². The fraction of sp³-hybridized carbons (Fsp3) is 0.704. The number of likely N-dealkylation sites (N-methyl/N-ethyl adjacent to an activating group) is 1. The largest absolute Gasteiger partial charge is 0.491 e. The van der Waals surface area contributed by atoms with Gasteiger partial charge in [-0.15, -0.1) is 0 Å². The second-order valence-corrected chi connectivity index (χ2v) is 10.2. The van der Waals surface area contributed by atoms with Crippen molar-refractivity contribution in [2.24, 2.45) is 11.8 Å². The van der Waals surface area contributed by atoms with Crippen LogP contribution < -0.4 is 10.1 Å². The second-order valence-electron chi connectivity index (χ2n) is 10.2. The summed E-state index contributed by atoms with van der Waals surface area (Å²) >= 11 is 0. The number of benzene rings is 1. The van der Waals surface area contributed by atoms with Gasteiger partial charge in [-0.3, -0.25) is 14.5 Å². The molecule has 1 fully saturated rings. The molecule has 7 nitrogen and oxygen atoms in total. The zero-order valence-corrected chi connectivity index (χ0v) is 21.6. The Balaban J connectivity index is 1.89. The van der Waals surface area contributed by atoms with E-state index in [0.29, 0.717) is 36.6 Å². The number of ether oxygens (including phenoxy) is 2. The van der Waals surface area contributed by atoms with Crippen LogP contribution >= 0.6 is 0 Å². The average Bonchev–Trinajstić information content (AvgIpc) is 2.84. The van der Waals surface area contributed by atoms with Gasteiger partial charge in [0, 0.05) is 58.0 Å². The Labute approximate surface area is 205 Å². The van der Waals surface area contributed by atoms with Gasteiger partial charge in [0.2, 0.25) is 5.91 Å². The van der Waals surface area contributed by atoms with Crippen molar-refractivity contribution in [2.45, 2.75) is 71.4 Å². The van der Waals surface area contributed by atoms with Crippen LogP contribution in [0.15, 0.2) is 18.2 Å². The molecule has 1 saturated carbocycles. The van der Waals surface area contributed by atoms with Gasteiger partial charge in [0.05, 0.1) is 11.7 Å². The maximum absolute atomic E-state index is 13.3. The van der Waals surface area contributed by atoms with Gasteiger partial charge >= 0.3 is 0 Å². The first-order chi connectivity index (χ1) is 16.3. The van der Waals surface area contributed by atoms with Gasteiger partial charge in [0.25, 0.3) is 5.91 Å². The van der Waals surface area contributed by atoms with E-state index in [1.54, 1.807) is 30.2 Å². The van der Waals surface area contributed by atoms with Crippen molar-refractivity contribution in [1.82, 2.24) is 9.80 Å². The number of carbonyl (C=O) groups excluding carboxylic acids is 2. The lowest BCUT2D eigenvalue weighted by Crippen LogP contribution is -2.48. The van der Waals surface area contributed by atoms with E-state index < -0.39 is 0 Å². The topological polar surface area (TPSA) is 71.1 Å². The molecule has 34 heavy (non-hydrogen) atoms. The van der Waals surface area contributed by atoms with Gasteiger partial charge in [-0.05, 0) is 43.7 Å². The van der Waals surface area contributed by atoms with Crippen LogP contribution in [0.25, 0.3) is 0 Å². The van der Waals surface area contributed by atoms with Crippen molar-refractivity contribution in [1.29, 1.82) is 0 Å². The molecule has 1 aliphatic carbocycles. The molecular weight excluding hydrogens is 430 g/mol. The number of methoxy groups -OCH3 is 1. The number of carbonyl (C=O) groups is 2. The van der Waals surface area contributed by atoms with E-state index in [0.717, 1.165) is 19.0 Å². The van der Waals surface area contributed by atoms with Crippen molar-refractivity contribution in [3.63, 3.8) is 0 Å². The fourth-order valence-electron chi connectivity index (χ4n) is 5.13. The van der Waals surface area contributed by atoms with Crippen LogP contribution in [0.1, 0.15) is 69.7 Å². The normalized spacial score (nSPS) is 25.6. The lowest BCUT2D eigenvalue weighted by molar-refractivity contribution is -0.115. The summed E-state index contributed by atoms with van der Waals surface area (Å²) in [5, 5.41) is 2.88. The SMILES string of the molecule is CCC(=O)Nc1ccc2c(c1)OC[C@H](C)N(CC1CCCCC1)C[C@H](C)[C@H](OC)CN(C)C2=O. The van der Waals surface area contributed by atoms with Crippen LogP contribution in [-0.4, -0.2) is 74.2 Å². The van der Waals surface area contributed by atoms with Gasteiger partial charge in [-0.25, -0.2) is 0 Å². The van der Waals surface area contributed by atoms with Crippen molar-refractivity contribution in [3.8, 4) is 5.75 Å². The van der Waals surface area contributed by atoms with Crippen LogP contribution in [0, 0.1) is 11.8 Å². The number of fused-ring (bicyclic) bond motifs is 1. The van der Waals surface area contributed by atoms with E-state index in [2.05, 4.69) is 24.1 Å². The molecule has 0 saturated heterocycles. The van der Waals surface area contributed by atoms with Crippen molar-refractivity contribution in [3.05, 3.63) is 23.8 Å². The van der Waals surface area contributed by atoms with Crippen molar-refractivity contribution in [2.75, 3.05) is 45.7 Å². The molecule has 0 aromatic heterocycles. The molecule has 1 aliphatic heterocycles. The van der Waals surface area contributed by atoms with Gasteiger partial charge in [0.15, 0.2) is 0 Å². The Hall–Kier alpha value is -2.12. The van der Waals surface area contributed by atoms with E-state index in [1.165, 1.54) is 32.1 Å². The molecule has 1 aromatic rings. The average molecular weight is 474 g/mol. The van der Waals surface area contributed by atoms with E-state index in [4.69, 9.17) is 9.47 Å². The molecule has 1 N–H and O–H groups in total. The number of hydrogen-bond acceptors (Lipinski definition) is 5. The van der Waals surface area contributed by atoms with Gasteiger partial charge in [-0.1, -0.05) is 33.1 Å². The zero-order valence-electron chi connectivity index (χ0n) is 21.6. The highest BCUT2D eigenvalue weighted by atomic mass is 16.5. The highest BCUT2D eigenvalue weighted by Gasteiger charge is 2.29. The quantitative estimate of drug-likeness (QED) is 0.685. The van der Waals surface area contributed by atoms with Gasteiger partial charge < -0.3 is 19.7 Å². The first-order valence-corrected chi connectivity index (χ1v) is 12.9. The summed E-state index contributed by atoms with van der Waals surface area (Å²) in [5.41, 5.74) is 1.15. The molecule has 190 valence electrons. The number of anilines is 1. The van der Waals surface area contributed by atoms with E-state index >= 15 is 0 Å². The Kier molecular flexibility index (Phi) is 9.77. The summed E-state index contributed by atoms with van der Waals surface area (Å²) in [5.74, 6) is 1.34. The Bertz CT molecular complexity index is 824. The first kappa shape index (κ1) is 26.5.